The zero-order valence-corrected chi connectivity index (χ0v) is 14.4. The SMILES string of the molecule is CSCc1noc(CN2C[C@@H]3CC[C@H](C2)N(CC2CC2)C3=O)n1. The summed E-state index contributed by atoms with van der Waals surface area (Å²) in [5.74, 6) is 3.51. The summed E-state index contributed by atoms with van der Waals surface area (Å²) in [5.41, 5.74) is 0. The molecule has 3 aliphatic heterocycles. The van der Waals surface area contributed by atoms with Crippen molar-refractivity contribution in [1.82, 2.24) is 19.9 Å². The third-order valence-corrected chi connectivity index (χ3v) is 5.71. The number of thioether (sulfide) groups is 1. The van der Waals surface area contributed by atoms with E-state index < -0.39 is 0 Å². The van der Waals surface area contributed by atoms with Gasteiger partial charge in [-0.1, -0.05) is 5.16 Å². The van der Waals surface area contributed by atoms with Crippen LogP contribution < -0.4 is 0 Å². The summed E-state index contributed by atoms with van der Waals surface area (Å²) in [6.07, 6.45) is 6.79. The van der Waals surface area contributed by atoms with Gasteiger partial charge in [-0.3, -0.25) is 9.69 Å². The average Bonchev–Trinajstić information content (AvgIpc) is 3.29. The van der Waals surface area contributed by atoms with E-state index in [9.17, 15) is 4.79 Å². The van der Waals surface area contributed by atoms with Crippen molar-refractivity contribution in [2.45, 2.75) is 44.0 Å². The van der Waals surface area contributed by atoms with Crippen LogP contribution in [-0.2, 0) is 17.1 Å². The number of amides is 1. The van der Waals surface area contributed by atoms with Crippen LogP contribution in [-0.4, -0.2) is 57.8 Å². The average molecular weight is 336 g/mol. The number of nitrogens with zero attached hydrogens (tertiary/aromatic N) is 4. The van der Waals surface area contributed by atoms with Crippen molar-refractivity contribution in [3.63, 3.8) is 0 Å². The van der Waals surface area contributed by atoms with Gasteiger partial charge in [0.1, 0.15) is 0 Å². The molecule has 1 amide bonds. The molecule has 5 rings (SSSR count). The molecule has 126 valence electrons. The van der Waals surface area contributed by atoms with Crippen molar-refractivity contribution in [3.05, 3.63) is 11.7 Å². The van der Waals surface area contributed by atoms with E-state index in [4.69, 9.17) is 4.52 Å². The molecule has 4 aliphatic rings. The van der Waals surface area contributed by atoms with Gasteiger partial charge in [0, 0.05) is 25.7 Å². The summed E-state index contributed by atoms with van der Waals surface area (Å²) < 4.78 is 5.37. The molecule has 1 aromatic heterocycles. The Morgan fingerprint density at radius 3 is 2.91 bits per heavy atom. The predicted octanol–water partition coefficient (Wildman–Crippen LogP) is 1.77. The van der Waals surface area contributed by atoms with Crippen LogP contribution >= 0.6 is 11.8 Å². The molecule has 0 N–H and O–H groups in total. The summed E-state index contributed by atoms with van der Waals surface area (Å²) in [7, 11) is 0. The number of rotatable bonds is 6. The van der Waals surface area contributed by atoms with Crippen molar-refractivity contribution in [1.29, 1.82) is 0 Å². The topological polar surface area (TPSA) is 62.5 Å². The Morgan fingerprint density at radius 2 is 2.13 bits per heavy atom. The van der Waals surface area contributed by atoms with Gasteiger partial charge in [-0.05, 0) is 37.9 Å². The first kappa shape index (κ1) is 15.4. The van der Waals surface area contributed by atoms with Crippen LogP contribution in [0.2, 0.25) is 0 Å². The van der Waals surface area contributed by atoms with Crippen molar-refractivity contribution >= 4 is 17.7 Å². The van der Waals surface area contributed by atoms with Crippen molar-refractivity contribution in [2.75, 3.05) is 25.9 Å². The molecule has 2 bridgehead atoms. The summed E-state index contributed by atoms with van der Waals surface area (Å²) in [5, 5.41) is 4.02. The second kappa shape index (κ2) is 6.43. The number of carbonyl (C=O) groups is 1. The molecule has 0 unspecified atom stereocenters. The molecule has 3 saturated heterocycles. The van der Waals surface area contributed by atoms with Crippen LogP contribution in [0.4, 0.5) is 0 Å². The van der Waals surface area contributed by atoms with Crippen LogP contribution in [0.3, 0.4) is 0 Å². The second-order valence-electron chi connectivity index (χ2n) is 7.09. The number of piperidine rings is 1. The monoisotopic (exact) mass is 336 g/mol. The maximum Gasteiger partial charge on any atom is 0.240 e. The Morgan fingerprint density at radius 1 is 1.26 bits per heavy atom. The minimum absolute atomic E-state index is 0.154. The third kappa shape index (κ3) is 3.40. The fraction of sp³-hybridized carbons (Fsp3) is 0.812. The fourth-order valence-corrected chi connectivity index (χ4v) is 4.19. The van der Waals surface area contributed by atoms with E-state index in [1.165, 1.54) is 12.8 Å². The quantitative estimate of drug-likeness (QED) is 0.789. The minimum Gasteiger partial charge on any atom is -0.338 e. The van der Waals surface area contributed by atoms with Crippen LogP contribution in [0.25, 0.3) is 0 Å². The summed E-state index contributed by atoms with van der Waals surface area (Å²) in [6, 6.07) is 0.371. The zero-order valence-electron chi connectivity index (χ0n) is 13.6. The van der Waals surface area contributed by atoms with E-state index in [1.807, 2.05) is 6.26 Å². The van der Waals surface area contributed by atoms with E-state index in [0.717, 1.165) is 50.0 Å². The molecule has 2 atom stereocenters. The Labute approximate surface area is 141 Å². The smallest absolute Gasteiger partial charge is 0.240 e. The number of aromatic nitrogens is 2. The summed E-state index contributed by atoms with van der Waals surface area (Å²) >= 11 is 1.69. The first-order valence-electron chi connectivity index (χ1n) is 8.56. The highest BCUT2D eigenvalue weighted by Gasteiger charge is 2.42. The standard InChI is InChI=1S/C16H24N4O2S/c1-23-10-14-17-15(22-18-14)9-19-7-12-4-5-13(8-19)20(16(12)21)6-11-2-3-11/h11-13H,2-10H2,1H3/t12-,13+/m0/s1. The minimum atomic E-state index is 0.154. The summed E-state index contributed by atoms with van der Waals surface area (Å²) in [6.45, 7) is 3.41. The van der Waals surface area contributed by atoms with E-state index in [0.29, 0.717) is 24.4 Å². The molecule has 1 aromatic rings. The molecular formula is C16H24N4O2S. The lowest BCUT2D eigenvalue weighted by molar-refractivity contribution is -0.140. The zero-order chi connectivity index (χ0) is 15.8. The predicted molar refractivity (Wildman–Crippen MR) is 87.7 cm³/mol. The normalized spacial score (nSPS) is 28.4. The van der Waals surface area contributed by atoms with E-state index in [-0.39, 0.29) is 5.92 Å². The van der Waals surface area contributed by atoms with Crippen molar-refractivity contribution < 1.29 is 9.32 Å². The molecule has 23 heavy (non-hydrogen) atoms. The van der Waals surface area contributed by atoms with Crippen molar-refractivity contribution in [2.24, 2.45) is 11.8 Å². The second-order valence-corrected chi connectivity index (χ2v) is 7.96. The maximum absolute atomic E-state index is 12.7. The molecule has 1 aliphatic carbocycles. The highest BCUT2D eigenvalue weighted by Crippen LogP contribution is 2.35. The lowest BCUT2D eigenvalue weighted by Gasteiger charge is -2.36. The molecule has 0 aromatic carbocycles. The van der Waals surface area contributed by atoms with Crippen LogP contribution in [0.15, 0.2) is 4.52 Å². The van der Waals surface area contributed by atoms with E-state index in [1.54, 1.807) is 11.8 Å². The molecular weight excluding hydrogens is 312 g/mol. The molecule has 4 heterocycles. The van der Waals surface area contributed by atoms with Gasteiger partial charge in [0.25, 0.3) is 0 Å². The number of carbonyl (C=O) groups excluding carboxylic acids is 1. The molecule has 7 heteroatoms. The highest BCUT2D eigenvalue weighted by molar-refractivity contribution is 7.97. The van der Waals surface area contributed by atoms with Crippen molar-refractivity contribution in [3.8, 4) is 0 Å². The van der Waals surface area contributed by atoms with Gasteiger partial charge in [0.2, 0.25) is 11.8 Å². The fourth-order valence-electron chi connectivity index (χ4n) is 3.81. The van der Waals surface area contributed by atoms with Gasteiger partial charge in [-0.15, -0.1) is 0 Å². The highest BCUT2D eigenvalue weighted by atomic mass is 32.2. The molecule has 6 nitrogen and oxygen atoms in total. The van der Waals surface area contributed by atoms with E-state index in [2.05, 4.69) is 19.9 Å². The number of fused-ring (bicyclic) bond motifs is 4. The first-order valence-corrected chi connectivity index (χ1v) is 9.95. The number of hydrogen-bond donors (Lipinski definition) is 0. The Balaban J connectivity index is 1.43. The van der Waals surface area contributed by atoms with Crippen LogP contribution in [0, 0.1) is 11.8 Å². The molecule has 0 spiro atoms. The number of hydrogen-bond acceptors (Lipinski definition) is 6. The Hall–Kier alpha value is -1.08. The van der Waals surface area contributed by atoms with Gasteiger partial charge in [0.05, 0.1) is 18.2 Å². The summed E-state index contributed by atoms with van der Waals surface area (Å²) in [4.78, 5) is 21.7. The Kier molecular flexibility index (Phi) is 4.32. The Bertz CT molecular complexity index is 574. The molecule has 1 saturated carbocycles. The van der Waals surface area contributed by atoms with Gasteiger partial charge in [-0.2, -0.15) is 16.7 Å². The first-order chi connectivity index (χ1) is 11.2. The largest absolute Gasteiger partial charge is 0.338 e. The van der Waals surface area contributed by atoms with Crippen LogP contribution in [0.5, 0.6) is 0 Å². The lowest BCUT2D eigenvalue weighted by atomic mass is 9.94. The lowest BCUT2D eigenvalue weighted by Crippen LogP contribution is -2.48. The van der Waals surface area contributed by atoms with Gasteiger partial charge >= 0.3 is 0 Å². The van der Waals surface area contributed by atoms with Gasteiger partial charge in [-0.25, -0.2) is 0 Å². The maximum atomic E-state index is 12.7. The van der Waals surface area contributed by atoms with Crippen LogP contribution in [0.1, 0.15) is 37.4 Å². The molecule has 0 radical (unpaired) electrons. The van der Waals surface area contributed by atoms with Gasteiger partial charge < -0.3 is 9.42 Å². The third-order valence-electron chi connectivity index (χ3n) is 5.16. The molecule has 4 fully saturated rings. The van der Waals surface area contributed by atoms with E-state index >= 15 is 0 Å². The van der Waals surface area contributed by atoms with Gasteiger partial charge in [0.15, 0.2) is 5.82 Å².